The van der Waals surface area contributed by atoms with Crippen LogP contribution in [-0.2, 0) is 6.16 Å². The van der Waals surface area contributed by atoms with Gasteiger partial charge in [0.25, 0.3) is 8.38 Å². The van der Waals surface area contributed by atoms with Crippen molar-refractivity contribution in [3.63, 3.8) is 0 Å². The highest BCUT2D eigenvalue weighted by Gasteiger charge is 2.29. The third-order valence-corrected chi connectivity index (χ3v) is 10.5. The quantitative estimate of drug-likeness (QED) is 0.178. The zero-order valence-electron chi connectivity index (χ0n) is 29.8. The maximum absolute atomic E-state index is 11.9. The Hall–Kier alpha value is -3.29. The summed E-state index contributed by atoms with van der Waals surface area (Å²) in [6, 6.07) is 17.5. The number of phenols is 1. The highest BCUT2D eigenvalue weighted by atomic mass is 31.2. The van der Waals surface area contributed by atoms with Gasteiger partial charge in [-0.05, 0) is 128 Å². The molecule has 45 heavy (non-hydrogen) atoms. The van der Waals surface area contributed by atoms with Crippen LogP contribution in [0.25, 0.3) is 11.1 Å². The molecule has 1 unspecified atom stereocenters. The molecule has 3 nitrogen and oxygen atoms in total. The summed E-state index contributed by atoms with van der Waals surface area (Å²) < 4.78 is 14.3. The molecule has 0 aliphatic rings. The summed E-state index contributed by atoms with van der Waals surface area (Å²) in [5.74, 6) is 2.75. The van der Waals surface area contributed by atoms with Crippen LogP contribution in [0.1, 0.15) is 120 Å². The zero-order valence-corrected chi connectivity index (χ0v) is 30.7. The van der Waals surface area contributed by atoms with Gasteiger partial charge in [0.1, 0.15) is 17.2 Å². The van der Waals surface area contributed by atoms with Crippen LogP contribution >= 0.6 is 8.38 Å². The maximum Gasteiger partial charge on any atom is 0.295 e. The molecule has 4 aromatic rings. The number of hydrogen-bond donors (Lipinski definition) is 1. The fourth-order valence-electron chi connectivity index (χ4n) is 6.08. The Morgan fingerprint density at radius 1 is 0.578 bits per heavy atom. The SMILES string of the molecule is Cc1ccc(CP(Oc2cc(C)ccc2C(C)C)Oc2c(C(C)C)cc(C)c(C)c2-c2c(C)c(C)cc(C(C)C)c2O)c(C)c1. The monoisotopic (exact) mass is 624 g/mol. The molecule has 4 aromatic carbocycles. The van der Waals surface area contributed by atoms with Crippen LogP contribution in [0, 0.1) is 48.5 Å². The Balaban J connectivity index is 2.00. The topological polar surface area (TPSA) is 38.7 Å². The molecule has 4 heteroatoms. The molecule has 0 amide bonds. The lowest BCUT2D eigenvalue weighted by molar-refractivity contribution is 0.463. The van der Waals surface area contributed by atoms with Crippen molar-refractivity contribution in [3.05, 3.63) is 110 Å². The van der Waals surface area contributed by atoms with Crippen molar-refractivity contribution in [1.82, 2.24) is 0 Å². The first-order valence-corrected chi connectivity index (χ1v) is 17.7. The summed E-state index contributed by atoms with van der Waals surface area (Å²) in [5.41, 5.74) is 14.5. The second-order valence-electron chi connectivity index (χ2n) is 13.9. The number of phenolic OH excluding ortho intramolecular Hbond substituents is 1. The lowest BCUT2D eigenvalue weighted by atomic mass is 9.84. The van der Waals surface area contributed by atoms with Crippen molar-refractivity contribution >= 4 is 8.38 Å². The smallest absolute Gasteiger partial charge is 0.295 e. The average Bonchev–Trinajstić information content (AvgIpc) is 2.95. The van der Waals surface area contributed by atoms with E-state index in [4.69, 9.17) is 9.05 Å². The minimum absolute atomic E-state index is 0.183. The van der Waals surface area contributed by atoms with E-state index in [1.165, 1.54) is 33.4 Å². The van der Waals surface area contributed by atoms with Gasteiger partial charge in [0.2, 0.25) is 0 Å². The Kier molecular flexibility index (Phi) is 10.8. The van der Waals surface area contributed by atoms with Gasteiger partial charge in [-0.1, -0.05) is 89.6 Å². The molecule has 0 bridgehead atoms. The molecule has 0 fully saturated rings. The van der Waals surface area contributed by atoms with Crippen molar-refractivity contribution in [3.8, 4) is 28.4 Å². The average molecular weight is 625 g/mol. The van der Waals surface area contributed by atoms with Crippen LogP contribution in [-0.4, -0.2) is 5.11 Å². The standard InChI is InChI=1S/C41H53O3P/c1-23(2)34-17-15-27(8)19-37(34)43-45(22-33-16-14-26(7)18-30(33)11)44-41-36(25(5)6)21-29(10)32(13)39(41)38-31(12)28(9)20-35(24(3)4)40(38)42/h14-21,23-25,42H,22H2,1-13H3. The van der Waals surface area contributed by atoms with E-state index in [0.29, 0.717) is 17.8 Å². The minimum Gasteiger partial charge on any atom is -0.507 e. The molecule has 1 N–H and O–H groups in total. The summed E-state index contributed by atoms with van der Waals surface area (Å²) in [7, 11) is -1.47. The fraction of sp³-hybridized carbons (Fsp3) is 0.415. The van der Waals surface area contributed by atoms with E-state index < -0.39 is 8.38 Å². The van der Waals surface area contributed by atoms with Crippen molar-refractivity contribution in [1.29, 1.82) is 0 Å². The van der Waals surface area contributed by atoms with Crippen LogP contribution in [0.3, 0.4) is 0 Å². The van der Waals surface area contributed by atoms with E-state index in [1.807, 2.05) is 0 Å². The van der Waals surface area contributed by atoms with Gasteiger partial charge in [-0.15, -0.1) is 0 Å². The van der Waals surface area contributed by atoms with E-state index in [9.17, 15) is 5.11 Å². The van der Waals surface area contributed by atoms with Gasteiger partial charge < -0.3 is 14.2 Å². The molecule has 0 aliphatic heterocycles. The summed E-state index contributed by atoms with van der Waals surface area (Å²) in [6.07, 6.45) is 0.646. The molecule has 0 spiro atoms. The Morgan fingerprint density at radius 2 is 1.11 bits per heavy atom. The molecule has 0 saturated carbocycles. The van der Waals surface area contributed by atoms with Crippen molar-refractivity contribution in [2.24, 2.45) is 0 Å². The van der Waals surface area contributed by atoms with Crippen LogP contribution in [0.15, 0.2) is 48.5 Å². The predicted octanol–water partition coefficient (Wildman–Crippen LogP) is 12.6. The molecule has 1 atom stereocenters. The zero-order chi connectivity index (χ0) is 33.3. The predicted molar refractivity (Wildman–Crippen MR) is 194 cm³/mol. The van der Waals surface area contributed by atoms with Gasteiger partial charge in [0.05, 0.1) is 6.16 Å². The molecule has 0 radical (unpaired) electrons. The molecule has 0 aliphatic carbocycles. The van der Waals surface area contributed by atoms with Gasteiger partial charge in [0, 0.05) is 11.1 Å². The fourth-order valence-corrected chi connectivity index (χ4v) is 7.65. The Bertz CT molecular complexity index is 1700. The van der Waals surface area contributed by atoms with E-state index in [2.05, 4.69) is 139 Å². The highest BCUT2D eigenvalue weighted by Crippen LogP contribution is 2.54. The molecule has 240 valence electrons. The van der Waals surface area contributed by atoms with Crippen LogP contribution in [0.5, 0.6) is 17.2 Å². The lowest BCUT2D eigenvalue weighted by Gasteiger charge is -2.28. The summed E-state index contributed by atoms with van der Waals surface area (Å²) >= 11 is 0. The van der Waals surface area contributed by atoms with Crippen LogP contribution in [0.4, 0.5) is 0 Å². The van der Waals surface area contributed by atoms with Crippen molar-refractivity contribution in [2.75, 3.05) is 0 Å². The minimum atomic E-state index is -1.47. The normalized spacial score (nSPS) is 12.4. The molecular weight excluding hydrogens is 571 g/mol. The molecule has 0 saturated heterocycles. The van der Waals surface area contributed by atoms with Crippen molar-refractivity contribution in [2.45, 2.75) is 114 Å². The third kappa shape index (κ3) is 7.41. The Morgan fingerprint density at radius 3 is 1.69 bits per heavy atom. The van der Waals surface area contributed by atoms with E-state index in [1.54, 1.807) is 0 Å². The van der Waals surface area contributed by atoms with Crippen molar-refractivity contribution < 1.29 is 14.2 Å². The lowest BCUT2D eigenvalue weighted by Crippen LogP contribution is -2.08. The van der Waals surface area contributed by atoms with E-state index >= 15 is 0 Å². The number of aromatic hydroxyl groups is 1. The second kappa shape index (κ2) is 14.0. The molecule has 0 heterocycles. The van der Waals surface area contributed by atoms with Gasteiger partial charge in [-0.2, -0.15) is 0 Å². The largest absolute Gasteiger partial charge is 0.507 e. The van der Waals surface area contributed by atoms with Crippen LogP contribution in [0.2, 0.25) is 0 Å². The molecule has 0 aromatic heterocycles. The molecular formula is C41H53O3P. The number of rotatable bonds is 10. The van der Waals surface area contributed by atoms with Gasteiger partial charge in [-0.25, -0.2) is 0 Å². The third-order valence-electron chi connectivity index (χ3n) is 9.15. The van der Waals surface area contributed by atoms with Gasteiger partial charge in [-0.3, -0.25) is 0 Å². The number of hydrogen-bond acceptors (Lipinski definition) is 3. The molecule has 4 rings (SSSR count). The summed E-state index contributed by atoms with van der Waals surface area (Å²) in [5, 5.41) is 11.9. The second-order valence-corrected chi connectivity index (χ2v) is 15.2. The van der Waals surface area contributed by atoms with Gasteiger partial charge in [0.15, 0.2) is 0 Å². The van der Waals surface area contributed by atoms with Gasteiger partial charge >= 0.3 is 0 Å². The van der Waals surface area contributed by atoms with E-state index in [-0.39, 0.29) is 11.8 Å². The van der Waals surface area contributed by atoms with E-state index in [0.717, 1.165) is 50.4 Å². The van der Waals surface area contributed by atoms with Crippen LogP contribution < -0.4 is 9.05 Å². The highest BCUT2D eigenvalue weighted by molar-refractivity contribution is 7.47. The number of aryl methyl sites for hydroxylation is 5. The maximum atomic E-state index is 11.9. The Labute approximate surface area is 274 Å². The first-order valence-electron chi connectivity index (χ1n) is 16.4. The number of benzene rings is 4. The first-order chi connectivity index (χ1) is 21.1. The summed E-state index contributed by atoms with van der Waals surface area (Å²) in [4.78, 5) is 0. The summed E-state index contributed by atoms with van der Waals surface area (Å²) in [6.45, 7) is 28.1. The first kappa shape index (κ1) is 34.6.